The number of rotatable bonds is 3. The third kappa shape index (κ3) is 3.53. The van der Waals surface area contributed by atoms with Crippen LogP contribution in [0, 0.1) is 0 Å². The second-order valence-electron chi connectivity index (χ2n) is 3.40. The van der Waals surface area contributed by atoms with Gasteiger partial charge in [0.25, 0.3) is 0 Å². The molecule has 4 N–H and O–H groups in total. The van der Waals surface area contributed by atoms with E-state index in [-0.39, 0.29) is 12.6 Å². The van der Waals surface area contributed by atoms with Crippen molar-refractivity contribution in [3.05, 3.63) is 35.4 Å². The van der Waals surface area contributed by atoms with E-state index < -0.39 is 11.7 Å². The maximum Gasteiger partial charge on any atom is 0.416 e. The van der Waals surface area contributed by atoms with Crippen LogP contribution in [0.25, 0.3) is 0 Å². The molecule has 0 aromatic heterocycles. The standard InChI is InChI=1S/C10H13F3N2/c11-10(12,13)8-3-1-2-7(4-8)5-9(15)6-14/h1-4,9H,5-6,14-15H2/t9-/m0/s1. The first-order valence-corrected chi connectivity index (χ1v) is 4.55. The first-order chi connectivity index (χ1) is 6.93. The van der Waals surface area contributed by atoms with E-state index in [1.54, 1.807) is 6.07 Å². The molecule has 0 aliphatic heterocycles. The van der Waals surface area contributed by atoms with Gasteiger partial charge < -0.3 is 11.5 Å². The fourth-order valence-corrected chi connectivity index (χ4v) is 1.26. The summed E-state index contributed by atoms with van der Waals surface area (Å²) in [6.45, 7) is 0.260. The molecule has 0 unspecified atom stereocenters. The van der Waals surface area contributed by atoms with Gasteiger partial charge in [-0.15, -0.1) is 0 Å². The zero-order valence-electron chi connectivity index (χ0n) is 8.09. The summed E-state index contributed by atoms with van der Waals surface area (Å²) in [5.74, 6) is 0. The largest absolute Gasteiger partial charge is 0.416 e. The van der Waals surface area contributed by atoms with E-state index in [1.165, 1.54) is 6.07 Å². The van der Waals surface area contributed by atoms with Gasteiger partial charge in [-0.05, 0) is 18.1 Å². The lowest BCUT2D eigenvalue weighted by atomic mass is 10.0. The molecule has 0 fully saturated rings. The first-order valence-electron chi connectivity index (χ1n) is 4.55. The highest BCUT2D eigenvalue weighted by Crippen LogP contribution is 2.29. The molecule has 1 rings (SSSR count). The third-order valence-electron chi connectivity index (χ3n) is 2.05. The molecule has 2 nitrogen and oxygen atoms in total. The van der Waals surface area contributed by atoms with Crippen LogP contribution in [-0.2, 0) is 12.6 Å². The predicted molar refractivity (Wildman–Crippen MR) is 52.2 cm³/mol. The van der Waals surface area contributed by atoms with Gasteiger partial charge in [-0.1, -0.05) is 18.2 Å². The van der Waals surface area contributed by atoms with Crippen molar-refractivity contribution in [2.24, 2.45) is 11.5 Å². The topological polar surface area (TPSA) is 52.0 Å². The van der Waals surface area contributed by atoms with Crippen molar-refractivity contribution in [3.63, 3.8) is 0 Å². The second-order valence-corrected chi connectivity index (χ2v) is 3.40. The van der Waals surface area contributed by atoms with Crippen LogP contribution < -0.4 is 11.5 Å². The summed E-state index contributed by atoms with van der Waals surface area (Å²) >= 11 is 0. The van der Waals surface area contributed by atoms with E-state index >= 15 is 0 Å². The maximum atomic E-state index is 12.3. The average Bonchev–Trinajstić information content (AvgIpc) is 2.17. The molecule has 0 aliphatic carbocycles. The quantitative estimate of drug-likeness (QED) is 0.808. The molecular weight excluding hydrogens is 205 g/mol. The Kier molecular flexibility index (Phi) is 3.71. The van der Waals surface area contributed by atoms with Crippen LogP contribution in [0.15, 0.2) is 24.3 Å². The highest BCUT2D eigenvalue weighted by atomic mass is 19.4. The summed E-state index contributed by atoms with van der Waals surface area (Å²) in [6.07, 6.45) is -3.94. The highest BCUT2D eigenvalue weighted by Gasteiger charge is 2.30. The van der Waals surface area contributed by atoms with Crippen LogP contribution in [-0.4, -0.2) is 12.6 Å². The van der Waals surface area contributed by atoms with Crippen molar-refractivity contribution in [2.45, 2.75) is 18.6 Å². The molecule has 84 valence electrons. The summed E-state index contributed by atoms with van der Waals surface area (Å²) in [4.78, 5) is 0. The Hall–Kier alpha value is -1.07. The molecule has 0 amide bonds. The molecular formula is C10H13F3N2. The van der Waals surface area contributed by atoms with Crippen molar-refractivity contribution in [2.75, 3.05) is 6.54 Å². The number of benzene rings is 1. The first kappa shape index (κ1) is 12.0. The SMILES string of the molecule is NC[C@@H](N)Cc1cccc(C(F)(F)F)c1. The molecule has 0 heterocycles. The molecule has 0 bridgehead atoms. The van der Waals surface area contributed by atoms with Crippen molar-refractivity contribution in [1.82, 2.24) is 0 Å². The minimum atomic E-state index is -4.30. The number of alkyl halides is 3. The van der Waals surface area contributed by atoms with Gasteiger partial charge in [-0.3, -0.25) is 0 Å². The molecule has 5 heteroatoms. The predicted octanol–water partition coefficient (Wildman–Crippen LogP) is 1.53. The molecule has 1 atom stereocenters. The number of hydrogen-bond donors (Lipinski definition) is 2. The van der Waals surface area contributed by atoms with Gasteiger partial charge in [0.2, 0.25) is 0 Å². The van der Waals surface area contributed by atoms with Crippen molar-refractivity contribution >= 4 is 0 Å². The Morgan fingerprint density at radius 3 is 2.47 bits per heavy atom. The lowest BCUT2D eigenvalue weighted by Gasteiger charge is -2.11. The van der Waals surface area contributed by atoms with Crippen LogP contribution in [0.3, 0.4) is 0 Å². The van der Waals surface area contributed by atoms with Crippen LogP contribution >= 0.6 is 0 Å². The van der Waals surface area contributed by atoms with Gasteiger partial charge in [0.15, 0.2) is 0 Å². The minimum absolute atomic E-state index is 0.260. The van der Waals surface area contributed by atoms with E-state index in [0.717, 1.165) is 12.1 Å². The fourth-order valence-electron chi connectivity index (χ4n) is 1.26. The van der Waals surface area contributed by atoms with Gasteiger partial charge in [-0.2, -0.15) is 13.2 Å². The van der Waals surface area contributed by atoms with E-state index in [4.69, 9.17) is 11.5 Å². The zero-order chi connectivity index (χ0) is 11.5. The van der Waals surface area contributed by atoms with Gasteiger partial charge >= 0.3 is 6.18 Å². The average molecular weight is 218 g/mol. The number of hydrogen-bond acceptors (Lipinski definition) is 2. The molecule has 0 radical (unpaired) electrons. The molecule has 1 aromatic rings. The summed E-state index contributed by atoms with van der Waals surface area (Å²) in [5.41, 5.74) is 10.8. The lowest BCUT2D eigenvalue weighted by Crippen LogP contribution is -2.31. The molecule has 0 spiro atoms. The Labute approximate surface area is 86.1 Å². The summed E-state index contributed by atoms with van der Waals surface area (Å²) in [7, 11) is 0. The van der Waals surface area contributed by atoms with Crippen LogP contribution in [0.2, 0.25) is 0 Å². The molecule has 1 aromatic carbocycles. The van der Waals surface area contributed by atoms with Crippen molar-refractivity contribution in [1.29, 1.82) is 0 Å². The van der Waals surface area contributed by atoms with Gasteiger partial charge in [0, 0.05) is 12.6 Å². The Morgan fingerprint density at radius 1 is 1.27 bits per heavy atom. The van der Waals surface area contributed by atoms with E-state index in [2.05, 4.69) is 0 Å². The second kappa shape index (κ2) is 4.63. The Morgan fingerprint density at radius 2 is 1.93 bits per heavy atom. The molecule has 0 saturated heterocycles. The van der Waals surface area contributed by atoms with Crippen molar-refractivity contribution < 1.29 is 13.2 Å². The highest BCUT2D eigenvalue weighted by molar-refractivity contribution is 5.26. The van der Waals surface area contributed by atoms with Crippen LogP contribution in [0.1, 0.15) is 11.1 Å². The lowest BCUT2D eigenvalue weighted by molar-refractivity contribution is -0.137. The summed E-state index contributed by atoms with van der Waals surface area (Å²) < 4.78 is 37.0. The van der Waals surface area contributed by atoms with E-state index in [1.807, 2.05) is 0 Å². The van der Waals surface area contributed by atoms with Gasteiger partial charge in [0.1, 0.15) is 0 Å². The minimum Gasteiger partial charge on any atom is -0.329 e. The molecule has 15 heavy (non-hydrogen) atoms. The Balaban J connectivity index is 2.84. The van der Waals surface area contributed by atoms with Crippen LogP contribution in [0.4, 0.5) is 13.2 Å². The molecule has 0 saturated carbocycles. The fraction of sp³-hybridized carbons (Fsp3) is 0.400. The smallest absolute Gasteiger partial charge is 0.329 e. The van der Waals surface area contributed by atoms with E-state index in [0.29, 0.717) is 12.0 Å². The molecule has 0 aliphatic rings. The summed E-state index contributed by atoms with van der Waals surface area (Å²) in [5, 5.41) is 0. The van der Waals surface area contributed by atoms with Gasteiger partial charge in [0.05, 0.1) is 5.56 Å². The van der Waals surface area contributed by atoms with E-state index in [9.17, 15) is 13.2 Å². The normalized spacial score (nSPS) is 13.9. The van der Waals surface area contributed by atoms with Crippen LogP contribution in [0.5, 0.6) is 0 Å². The number of halogens is 3. The van der Waals surface area contributed by atoms with Gasteiger partial charge in [-0.25, -0.2) is 0 Å². The maximum absolute atomic E-state index is 12.3. The zero-order valence-corrected chi connectivity index (χ0v) is 8.09. The third-order valence-corrected chi connectivity index (χ3v) is 2.05. The van der Waals surface area contributed by atoms with Crippen molar-refractivity contribution in [3.8, 4) is 0 Å². The number of nitrogens with two attached hydrogens (primary N) is 2. The Bertz CT molecular complexity index is 323. The monoisotopic (exact) mass is 218 g/mol. The summed E-state index contributed by atoms with van der Waals surface area (Å²) in [6, 6.07) is 4.84.